The molecule has 0 aliphatic carbocycles. The summed E-state index contributed by atoms with van der Waals surface area (Å²) in [7, 11) is 0. The van der Waals surface area contributed by atoms with Gasteiger partial charge in [-0.25, -0.2) is 0 Å². The molecular weight excluding hydrogens is 340 g/mol. The summed E-state index contributed by atoms with van der Waals surface area (Å²) in [5.41, 5.74) is 3.01. The van der Waals surface area contributed by atoms with Gasteiger partial charge in [-0.2, -0.15) is 10.1 Å². The highest BCUT2D eigenvalue weighted by Crippen LogP contribution is 2.24. The van der Waals surface area contributed by atoms with Crippen LogP contribution in [0.5, 0.6) is 0 Å². The molecule has 0 aliphatic heterocycles. The molecular formula is C20H16N6O. The Labute approximate surface area is 155 Å². The van der Waals surface area contributed by atoms with Crippen molar-refractivity contribution in [1.29, 1.82) is 0 Å². The van der Waals surface area contributed by atoms with Crippen molar-refractivity contribution in [3.8, 4) is 0 Å². The minimum atomic E-state index is -0.00318. The lowest BCUT2D eigenvalue weighted by Gasteiger charge is -2.09. The number of fused-ring (bicyclic) bond motifs is 1. The minimum absolute atomic E-state index is 0.00318. The highest BCUT2D eigenvalue weighted by atomic mass is 16.1. The Morgan fingerprint density at radius 3 is 2.74 bits per heavy atom. The number of hydrogen-bond acceptors (Lipinski definition) is 7. The SMILES string of the molecule is CC(=O)c1cccc(Nc2nncc(Nc3cccc4cccnc34)n2)c1. The number of hydrogen-bond donors (Lipinski definition) is 2. The van der Waals surface area contributed by atoms with Crippen molar-refractivity contribution < 1.29 is 4.79 Å². The topological polar surface area (TPSA) is 92.7 Å². The van der Waals surface area contributed by atoms with Crippen LogP contribution in [0.15, 0.2) is 67.0 Å². The fourth-order valence-electron chi connectivity index (χ4n) is 2.70. The Hall–Kier alpha value is -3.87. The maximum absolute atomic E-state index is 11.5. The van der Waals surface area contributed by atoms with E-state index in [1.165, 1.54) is 6.92 Å². The molecule has 7 nitrogen and oxygen atoms in total. The Balaban J connectivity index is 1.59. The Morgan fingerprint density at radius 1 is 1.00 bits per heavy atom. The van der Waals surface area contributed by atoms with Gasteiger partial charge in [-0.3, -0.25) is 9.78 Å². The van der Waals surface area contributed by atoms with Gasteiger partial charge in [0.15, 0.2) is 11.6 Å². The van der Waals surface area contributed by atoms with Crippen LogP contribution >= 0.6 is 0 Å². The first-order valence-electron chi connectivity index (χ1n) is 8.37. The van der Waals surface area contributed by atoms with Gasteiger partial charge in [0.25, 0.3) is 0 Å². The van der Waals surface area contributed by atoms with E-state index in [-0.39, 0.29) is 5.78 Å². The standard InChI is InChI=1S/C20H16N6O/c1-13(27)15-6-2-8-16(11-15)23-20-25-18(12-22-26-20)24-17-9-3-5-14-7-4-10-21-19(14)17/h2-12H,1H3,(H2,23,24,25,26). The van der Waals surface area contributed by atoms with Gasteiger partial charge in [-0.05, 0) is 31.2 Å². The van der Waals surface area contributed by atoms with Gasteiger partial charge in [0.05, 0.1) is 17.4 Å². The third kappa shape index (κ3) is 3.72. The molecule has 2 aromatic heterocycles. The number of nitrogens with one attached hydrogen (secondary N) is 2. The molecule has 7 heteroatoms. The first-order chi connectivity index (χ1) is 13.2. The minimum Gasteiger partial charge on any atom is -0.337 e. The second-order valence-electron chi connectivity index (χ2n) is 5.93. The van der Waals surface area contributed by atoms with E-state index in [1.807, 2.05) is 36.4 Å². The Morgan fingerprint density at radius 2 is 1.85 bits per heavy atom. The highest BCUT2D eigenvalue weighted by molar-refractivity contribution is 5.95. The molecule has 4 aromatic rings. The summed E-state index contributed by atoms with van der Waals surface area (Å²) in [5, 5.41) is 15.3. The van der Waals surface area contributed by atoms with Crippen LogP contribution in [0.2, 0.25) is 0 Å². The average molecular weight is 356 g/mol. The number of nitrogens with zero attached hydrogens (tertiary/aromatic N) is 4. The molecule has 0 saturated carbocycles. The normalized spacial score (nSPS) is 10.6. The number of anilines is 4. The highest BCUT2D eigenvalue weighted by Gasteiger charge is 2.06. The van der Waals surface area contributed by atoms with Crippen molar-refractivity contribution in [3.05, 3.63) is 72.6 Å². The number of para-hydroxylation sites is 1. The largest absolute Gasteiger partial charge is 0.337 e. The molecule has 2 N–H and O–H groups in total. The molecule has 0 fully saturated rings. The van der Waals surface area contributed by atoms with E-state index in [4.69, 9.17) is 0 Å². The molecule has 4 rings (SSSR count). The van der Waals surface area contributed by atoms with Gasteiger partial charge in [0.1, 0.15) is 0 Å². The second kappa shape index (κ2) is 7.17. The van der Waals surface area contributed by atoms with E-state index in [1.54, 1.807) is 30.6 Å². The van der Waals surface area contributed by atoms with E-state index in [0.29, 0.717) is 23.0 Å². The summed E-state index contributed by atoms with van der Waals surface area (Å²) >= 11 is 0. The van der Waals surface area contributed by atoms with Crippen LogP contribution in [-0.2, 0) is 0 Å². The Bertz CT molecular complexity index is 1120. The van der Waals surface area contributed by atoms with Crippen molar-refractivity contribution in [2.24, 2.45) is 0 Å². The summed E-state index contributed by atoms with van der Waals surface area (Å²) in [6.07, 6.45) is 3.29. The molecule has 0 radical (unpaired) electrons. The lowest BCUT2D eigenvalue weighted by atomic mass is 10.1. The van der Waals surface area contributed by atoms with Crippen LogP contribution in [0.25, 0.3) is 10.9 Å². The predicted molar refractivity (Wildman–Crippen MR) is 105 cm³/mol. The number of pyridine rings is 1. The smallest absolute Gasteiger partial charge is 0.249 e. The van der Waals surface area contributed by atoms with Crippen molar-refractivity contribution in [1.82, 2.24) is 20.2 Å². The quantitative estimate of drug-likeness (QED) is 0.520. The lowest BCUT2D eigenvalue weighted by Crippen LogP contribution is -2.03. The molecule has 2 aromatic carbocycles. The zero-order valence-electron chi connectivity index (χ0n) is 14.5. The summed E-state index contributed by atoms with van der Waals surface area (Å²) in [4.78, 5) is 20.4. The van der Waals surface area contributed by atoms with Crippen molar-refractivity contribution in [2.75, 3.05) is 10.6 Å². The fraction of sp³-hybridized carbons (Fsp3) is 0.0500. The first-order valence-corrected chi connectivity index (χ1v) is 8.37. The molecule has 0 atom stereocenters. The number of rotatable bonds is 5. The summed E-state index contributed by atoms with van der Waals surface area (Å²) in [5.74, 6) is 0.860. The molecule has 0 unspecified atom stereocenters. The monoisotopic (exact) mass is 356 g/mol. The van der Waals surface area contributed by atoms with Crippen molar-refractivity contribution in [3.63, 3.8) is 0 Å². The van der Waals surface area contributed by atoms with Crippen LogP contribution in [0.4, 0.5) is 23.1 Å². The maximum atomic E-state index is 11.5. The molecule has 0 saturated heterocycles. The number of Topliss-reactive ketones (excluding diaryl/α,β-unsaturated/α-hetero) is 1. The maximum Gasteiger partial charge on any atom is 0.249 e. The number of carbonyl (C=O) groups is 1. The average Bonchev–Trinajstić information content (AvgIpc) is 2.69. The molecule has 0 bridgehead atoms. The lowest BCUT2D eigenvalue weighted by molar-refractivity contribution is 0.101. The molecule has 0 spiro atoms. The van der Waals surface area contributed by atoms with Crippen molar-refractivity contribution in [2.45, 2.75) is 6.92 Å². The molecule has 2 heterocycles. The first kappa shape index (κ1) is 16.6. The van der Waals surface area contributed by atoms with Crippen LogP contribution in [0.1, 0.15) is 17.3 Å². The molecule has 132 valence electrons. The van der Waals surface area contributed by atoms with Gasteiger partial charge < -0.3 is 10.6 Å². The van der Waals surface area contributed by atoms with Crippen LogP contribution in [0.3, 0.4) is 0 Å². The van der Waals surface area contributed by atoms with E-state index in [0.717, 1.165) is 16.6 Å². The van der Waals surface area contributed by atoms with Gasteiger partial charge in [-0.1, -0.05) is 30.3 Å². The van der Waals surface area contributed by atoms with Gasteiger partial charge in [0.2, 0.25) is 5.95 Å². The van der Waals surface area contributed by atoms with Crippen LogP contribution in [-0.4, -0.2) is 25.9 Å². The number of ketones is 1. The van der Waals surface area contributed by atoms with Crippen LogP contribution < -0.4 is 10.6 Å². The van der Waals surface area contributed by atoms with E-state index in [2.05, 4.69) is 30.8 Å². The third-order valence-electron chi connectivity index (χ3n) is 3.98. The fourth-order valence-corrected chi connectivity index (χ4v) is 2.70. The van der Waals surface area contributed by atoms with E-state index in [9.17, 15) is 4.79 Å². The van der Waals surface area contributed by atoms with Gasteiger partial charge >= 0.3 is 0 Å². The number of benzene rings is 2. The van der Waals surface area contributed by atoms with E-state index >= 15 is 0 Å². The molecule has 27 heavy (non-hydrogen) atoms. The zero-order valence-corrected chi connectivity index (χ0v) is 14.5. The third-order valence-corrected chi connectivity index (χ3v) is 3.98. The van der Waals surface area contributed by atoms with Crippen LogP contribution in [0, 0.1) is 0 Å². The molecule has 0 aliphatic rings. The summed E-state index contributed by atoms with van der Waals surface area (Å²) in [6, 6.07) is 16.9. The van der Waals surface area contributed by atoms with Crippen molar-refractivity contribution >= 4 is 39.8 Å². The predicted octanol–water partition coefficient (Wildman–Crippen LogP) is 4.11. The van der Waals surface area contributed by atoms with Gasteiger partial charge in [-0.15, -0.1) is 5.10 Å². The van der Waals surface area contributed by atoms with Gasteiger partial charge in [0, 0.05) is 22.8 Å². The zero-order chi connectivity index (χ0) is 18.6. The number of aromatic nitrogens is 4. The second-order valence-corrected chi connectivity index (χ2v) is 5.93. The molecule has 0 amide bonds. The Kier molecular flexibility index (Phi) is 4.40. The summed E-state index contributed by atoms with van der Waals surface area (Å²) < 4.78 is 0. The van der Waals surface area contributed by atoms with E-state index < -0.39 is 0 Å². The number of carbonyl (C=O) groups excluding carboxylic acids is 1. The summed E-state index contributed by atoms with van der Waals surface area (Å²) in [6.45, 7) is 1.53.